The quantitative estimate of drug-likeness (QED) is 0.810. The molecule has 4 heteroatoms. The van der Waals surface area contributed by atoms with Gasteiger partial charge in [0, 0.05) is 19.6 Å². The van der Waals surface area contributed by atoms with Crippen molar-refractivity contribution in [3.05, 3.63) is 35.9 Å². The molecule has 3 nitrogen and oxygen atoms in total. The lowest BCUT2D eigenvalue weighted by Crippen LogP contribution is -2.53. The number of rotatable bonds is 2. The zero-order valence-electron chi connectivity index (χ0n) is 11.6. The molecular weight excluding hydrogens is 349 g/mol. The maximum atomic E-state index is 4.49. The van der Waals surface area contributed by atoms with Crippen molar-refractivity contribution in [1.29, 1.82) is 0 Å². The number of hydrogen-bond donors (Lipinski definition) is 1. The zero-order chi connectivity index (χ0) is 12.6. The molecule has 1 N–H and O–H groups in total. The summed E-state index contributed by atoms with van der Waals surface area (Å²) in [5, 5.41) is 3.57. The summed E-state index contributed by atoms with van der Waals surface area (Å²) in [6, 6.07) is 11.4. The molecule has 1 aliphatic carbocycles. The Morgan fingerprint density at radius 1 is 1.26 bits per heavy atom. The van der Waals surface area contributed by atoms with E-state index in [1.54, 1.807) is 0 Å². The fourth-order valence-corrected chi connectivity index (χ4v) is 3.08. The standard InChI is InChI=1S/C15H21N3.HI/c1-15(12-6-4-3-5-7-12)10-13(11-15)17-14-16-8-9-18(14)2;/h3-7,13H,8-11H2,1-2H3,(H,16,17);1H. The topological polar surface area (TPSA) is 27.6 Å². The van der Waals surface area contributed by atoms with Crippen LogP contribution in [0.2, 0.25) is 0 Å². The summed E-state index contributed by atoms with van der Waals surface area (Å²) < 4.78 is 0. The first kappa shape index (κ1) is 14.6. The summed E-state index contributed by atoms with van der Waals surface area (Å²) in [5.41, 5.74) is 1.81. The summed E-state index contributed by atoms with van der Waals surface area (Å²) in [4.78, 5) is 6.70. The van der Waals surface area contributed by atoms with Gasteiger partial charge in [-0.1, -0.05) is 37.3 Å². The highest BCUT2D eigenvalue weighted by Gasteiger charge is 2.42. The molecule has 3 rings (SSSR count). The highest BCUT2D eigenvalue weighted by Crippen LogP contribution is 2.43. The van der Waals surface area contributed by atoms with Crippen LogP contribution in [0.25, 0.3) is 0 Å². The van der Waals surface area contributed by atoms with Gasteiger partial charge in [0.1, 0.15) is 0 Å². The zero-order valence-corrected chi connectivity index (χ0v) is 13.9. The fraction of sp³-hybridized carbons (Fsp3) is 0.533. The molecule has 0 bridgehead atoms. The van der Waals surface area contributed by atoms with Crippen LogP contribution < -0.4 is 5.32 Å². The highest BCUT2D eigenvalue weighted by atomic mass is 127. The van der Waals surface area contributed by atoms with E-state index >= 15 is 0 Å². The third-order valence-corrected chi connectivity index (χ3v) is 4.26. The molecule has 1 heterocycles. The molecule has 0 atom stereocenters. The second-order valence-electron chi connectivity index (χ2n) is 5.80. The third kappa shape index (κ3) is 2.88. The molecule has 1 aromatic carbocycles. The molecule has 104 valence electrons. The Labute approximate surface area is 132 Å². The van der Waals surface area contributed by atoms with Gasteiger partial charge in [0.2, 0.25) is 0 Å². The van der Waals surface area contributed by atoms with E-state index < -0.39 is 0 Å². The molecule has 0 amide bonds. The van der Waals surface area contributed by atoms with Gasteiger partial charge in [0.15, 0.2) is 5.96 Å². The van der Waals surface area contributed by atoms with E-state index in [9.17, 15) is 0 Å². The van der Waals surface area contributed by atoms with E-state index in [-0.39, 0.29) is 24.0 Å². The van der Waals surface area contributed by atoms with Gasteiger partial charge in [-0.05, 0) is 23.8 Å². The van der Waals surface area contributed by atoms with Gasteiger partial charge in [-0.25, -0.2) is 0 Å². The molecule has 1 aromatic rings. The summed E-state index contributed by atoms with van der Waals surface area (Å²) in [6.45, 7) is 4.34. The van der Waals surface area contributed by atoms with E-state index in [0.717, 1.165) is 19.0 Å². The Kier molecular flexibility index (Phi) is 4.38. The molecule has 0 radical (unpaired) electrons. The lowest BCUT2D eigenvalue weighted by Gasteiger charge is -2.46. The average Bonchev–Trinajstić information content (AvgIpc) is 2.74. The first-order valence-electron chi connectivity index (χ1n) is 6.75. The van der Waals surface area contributed by atoms with Crippen molar-refractivity contribution in [3.8, 4) is 0 Å². The van der Waals surface area contributed by atoms with Crippen molar-refractivity contribution in [2.45, 2.75) is 31.2 Å². The number of likely N-dealkylation sites (N-methyl/N-ethyl adjacent to an activating group) is 1. The molecule has 0 unspecified atom stereocenters. The van der Waals surface area contributed by atoms with Crippen molar-refractivity contribution >= 4 is 29.9 Å². The van der Waals surface area contributed by atoms with Crippen LogP contribution in [0.3, 0.4) is 0 Å². The largest absolute Gasteiger partial charge is 0.353 e. The molecule has 0 spiro atoms. The minimum absolute atomic E-state index is 0. The Bertz CT molecular complexity index is 452. The number of hydrogen-bond acceptors (Lipinski definition) is 3. The van der Waals surface area contributed by atoms with Crippen LogP contribution in [0.1, 0.15) is 25.3 Å². The summed E-state index contributed by atoms with van der Waals surface area (Å²) in [6.07, 6.45) is 2.40. The smallest absolute Gasteiger partial charge is 0.194 e. The molecule has 19 heavy (non-hydrogen) atoms. The van der Waals surface area contributed by atoms with Crippen LogP contribution in [0, 0.1) is 0 Å². The second kappa shape index (κ2) is 5.69. The second-order valence-corrected chi connectivity index (χ2v) is 5.80. The van der Waals surface area contributed by atoms with Gasteiger partial charge in [-0.15, -0.1) is 24.0 Å². The Hall–Kier alpha value is -0.780. The van der Waals surface area contributed by atoms with Crippen LogP contribution >= 0.6 is 24.0 Å². The highest BCUT2D eigenvalue weighted by molar-refractivity contribution is 14.0. The van der Waals surface area contributed by atoms with Gasteiger partial charge in [-0.2, -0.15) is 0 Å². The first-order valence-corrected chi connectivity index (χ1v) is 6.75. The molecule has 1 saturated carbocycles. The number of nitrogens with one attached hydrogen (secondary N) is 1. The van der Waals surface area contributed by atoms with E-state index in [4.69, 9.17) is 0 Å². The summed E-state index contributed by atoms with van der Waals surface area (Å²) in [5.74, 6) is 1.08. The van der Waals surface area contributed by atoms with Gasteiger partial charge >= 0.3 is 0 Å². The minimum Gasteiger partial charge on any atom is -0.353 e. The van der Waals surface area contributed by atoms with Gasteiger partial charge < -0.3 is 10.2 Å². The van der Waals surface area contributed by atoms with Gasteiger partial charge in [0.05, 0.1) is 6.54 Å². The SMILES string of the molecule is CN1CCN=C1NC1CC(C)(c2ccccc2)C1.I. The van der Waals surface area contributed by atoms with E-state index in [1.165, 1.54) is 18.4 Å². The maximum Gasteiger partial charge on any atom is 0.194 e. The Balaban J connectivity index is 0.00000133. The van der Waals surface area contributed by atoms with Crippen LogP contribution in [0.4, 0.5) is 0 Å². The Morgan fingerprint density at radius 3 is 2.53 bits per heavy atom. The summed E-state index contributed by atoms with van der Waals surface area (Å²) >= 11 is 0. The minimum atomic E-state index is 0. The number of benzene rings is 1. The van der Waals surface area contributed by atoms with E-state index in [2.05, 4.69) is 59.5 Å². The normalized spacial score (nSPS) is 29.3. The lowest BCUT2D eigenvalue weighted by molar-refractivity contribution is 0.206. The van der Waals surface area contributed by atoms with Crippen molar-refractivity contribution in [1.82, 2.24) is 10.2 Å². The van der Waals surface area contributed by atoms with Crippen LogP contribution in [0.5, 0.6) is 0 Å². The lowest BCUT2D eigenvalue weighted by atomic mass is 9.63. The Morgan fingerprint density at radius 2 is 1.95 bits per heavy atom. The van der Waals surface area contributed by atoms with E-state index in [0.29, 0.717) is 11.5 Å². The third-order valence-electron chi connectivity index (χ3n) is 4.26. The fourth-order valence-electron chi connectivity index (χ4n) is 3.08. The van der Waals surface area contributed by atoms with E-state index in [1.807, 2.05) is 0 Å². The first-order chi connectivity index (χ1) is 8.67. The number of guanidine groups is 1. The van der Waals surface area contributed by atoms with Crippen LogP contribution in [0.15, 0.2) is 35.3 Å². The molecule has 1 aliphatic heterocycles. The van der Waals surface area contributed by atoms with Crippen molar-refractivity contribution in [2.75, 3.05) is 20.1 Å². The number of halogens is 1. The summed E-state index contributed by atoms with van der Waals surface area (Å²) in [7, 11) is 2.11. The predicted molar refractivity (Wildman–Crippen MR) is 90.3 cm³/mol. The molecule has 1 fully saturated rings. The van der Waals surface area contributed by atoms with Gasteiger partial charge in [0.25, 0.3) is 0 Å². The molecule has 0 saturated heterocycles. The maximum absolute atomic E-state index is 4.49. The van der Waals surface area contributed by atoms with Gasteiger partial charge in [-0.3, -0.25) is 4.99 Å². The van der Waals surface area contributed by atoms with Crippen molar-refractivity contribution in [3.63, 3.8) is 0 Å². The molecular formula is C15H22IN3. The number of aliphatic imine (C=N–C) groups is 1. The van der Waals surface area contributed by atoms with Crippen LogP contribution in [-0.4, -0.2) is 37.0 Å². The van der Waals surface area contributed by atoms with Crippen molar-refractivity contribution in [2.24, 2.45) is 4.99 Å². The van der Waals surface area contributed by atoms with Crippen LogP contribution in [-0.2, 0) is 5.41 Å². The van der Waals surface area contributed by atoms with Crippen molar-refractivity contribution < 1.29 is 0 Å². The predicted octanol–water partition coefficient (Wildman–Crippen LogP) is 2.62. The number of nitrogens with zero attached hydrogens (tertiary/aromatic N) is 2. The molecule has 0 aromatic heterocycles. The monoisotopic (exact) mass is 371 g/mol. The average molecular weight is 371 g/mol. The molecule has 2 aliphatic rings.